The minimum atomic E-state index is -0.692. The zero-order valence-corrected chi connectivity index (χ0v) is 19.2. The number of aliphatic hydroxyl groups is 1. The van der Waals surface area contributed by atoms with E-state index in [1.54, 1.807) is 48.8 Å². The Bertz CT molecular complexity index is 1180. The van der Waals surface area contributed by atoms with Crippen LogP contribution >= 0.6 is 0 Å². The minimum absolute atomic E-state index is 0.0768. The lowest BCUT2D eigenvalue weighted by atomic mass is 9.96. The second-order valence-electron chi connectivity index (χ2n) is 8.37. The number of likely N-dealkylation sites (N-methyl/N-ethyl adjacent to an activating group) is 1. The van der Waals surface area contributed by atoms with Crippen LogP contribution in [0.15, 0.2) is 84.7 Å². The summed E-state index contributed by atoms with van der Waals surface area (Å²) in [6.07, 6.45) is 3.22. The molecule has 1 fully saturated rings. The molecule has 0 radical (unpaired) electrons. The molecule has 2 aromatic carbocycles. The van der Waals surface area contributed by atoms with Gasteiger partial charge >= 0.3 is 0 Å². The van der Waals surface area contributed by atoms with Gasteiger partial charge in [-0.05, 0) is 61.6 Å². The average molecular weight is 458 g/mol. The summed E-state index contributed by atoms with van der Waals surface area (Å²) in [4.78, 5) is 33.4. The highest BCUT2D eigenvalue weighted by molar-refractivity contribution is 6.46. The molecule has 7 heteroatoms. The van der Waals surface area contributed by atoms with Crippen LogP contribution in [0.25, 0.3) is 5.76 Å². The van der Waals surface area contributed by atoms with E-state index in [1.165, 1.54) is 4.90 Å². The number of ketones is 1. The summed E-state index contributed by atoms with van der Waals surface area (Å²) >= 11 is 0. The first-order valence-electron chi connectivity index (χ1n) is 11.1. The average Bonchev–Trinajstić information content (AvgIpc) is 3.12. The maximum Gasteiger partial charge on any atom is 0.295 e. The number of aliphatic hydroxyl groups excluding tert-OH is 1. The van der Waals surface area contributed by atoms with Crippen molar-refractivity contribution in [2.45, 2.75) is 12.6 Å². The number of pyridine rings is 1. The molecular weight excluding hydrogens is 430 g/mol. The molecular formula is C27H27N3O4. The standard InChI is InChI=1S/C27H27N3O4/c1-29(2)16-17-30-24(20-12-14-28-15-13-20)23(26(32)27(30)33)25(31)21-8-10-22(11-9-21)34-18-19-6-4-3-5-7-19/h3-15,24,31H,16-18H2,1-2H3/b25-23-. The number of hydrogen-bond acceptors (Lipinski definition) is 6. The maximum absolute atomic E-state index is 13.0. The molecule has 1 atom stereocenters. The number of aromatic nitrogens is 1. The number of amides is 1. The van der Waals surface area contributed by atoms with Gasteiger partial charge < -0.3 is 19.6 Å². The van der Waals surface area contributed by atoms with Crippen molar-refractivity contribution in [1.29, 1.82) is 0 Å². The predicted molar refractivity (Wildman–Crippen MR) is 129 cm³/mol. The number of likely N-dealkylation sites (tertiary alicyclic amines) is 1. The third-order valence-corrected chi connectivity index (χ3v) is 5.73. The fraction of sp³-hybridized carbons (Fsp3) is 0.222. The van der Waals surface area contributed by atoms with Crippen molar-refractivity contribution >= 4 is 17.4 Å². The highest BCUT2D eigenvalue weighted by atomic mass is 16.5. The smallest absolute Gasteiger partial charge is 0.295 e. The van der Waals surface area contributed by atoms with Gasteiger partial charge in [0.05, 0.1) is 11.6 Å². The Kier molecular flexibility index (Phi) is 7.04. The number of Topliss-reactive ketones (excluding diaryl/α,β-unsaturated/α-hetero) is 1. The van der Waals surface area contributed by atoms with E-state index in [0.717, 1.165) is 11.1 Å². The van der Waals surface area contributed by atoms with E-state index in [9.17, 15) is 14.7 Å². The van der Waals surface area contributed by atoms with Crippen LogP contribution in [0.3, 0.4) is 0 Å². The molecule has 0 spiro atoms. The van der Waals surface area contributed by atoms with Crippen molar-refractivity contribution in [2.75, 3.05) is 27.2 Å². The lowest BCUT2D eigenvalue weighted by Gasteiger charge is -2.26. The lowest BCUT2D eigenvalue weighted by Crippen LogP contribution is -2.35. The number of benzene rings is 2. The van der Waals surface area contributed by atoms with Gasteiger partial charge in [0, 0.05) is 31.0 Å². The van der Waals surface area contributed by atoms with Crippen molar-refractivity contribution in [2.24, 2.45) is 0 Å². The summed E-state index contributed by atoms with van der Waals surface area (Å²) in [6, 6.07) is 19.5. The first-order valence-corrected chi connectivity index (χ1v) is 11.1. The Labute approximate surface area is 198 Å². The Hall–Kier alpha value is -3.97. The van der Waals surface area contributed by atoms with E-state index in [0.29, 0.717) is 31.0 Å². The van der Waals surface area contributed by atoms with Gasteiger partial charge in [-0.15, -0.1) is 0 Å². The van der Waals surface area contributed by atoms with E-state index >= 15 is 0 Å². The van der Waals surface area contributed by atoms with Crippen molar-refractivity contribution in [1.82, 2.24) is 14.8 Å². The molecule has 1 aliphatic rings. The van der Waals surface area contributed by atoms with Crippen molar-refractivity contribution in [3.8, 4) is 5.75 Å². The zero-order valence-electron chi connectivity index (χ0n) is 19.2. The number of rotatable bonds is 8. The molecule has 174 valence electrons. The summed E-state index contributed by atoms with van der Waals surface area (Å²) in [6.45, 7) is 1.36. The SMILES string of the molecule is CN(C)CCN1C(=O)C(=O)/C(=C(\O)c2ccc(OCc3ccccc3)cc2)C1c1ccncc1. The molecule has 1 aromatic heterocycles. The van der Waals surface area contributed by atoms with Crippen LogP contribution in [0.5, 0.6) is 5.75 Å². The van der Waals surface area contributed by atoms with Gasteiger partial charge in [-0.3, -0.25) is 14.6 Å². The fourth-order valence-electron chi connectivity index (χ4n) is 3.92. The Morgan fingerprint density at radius 3 is 2.32 bits per heavy atom. The molecule has 1 unspecified atom stereocenters. The van der Waals surface area contributed by atoms with Crippen LogP contribution < -0.4 is 4.74 Å². The highest BCUT2D eigenvalue weighted by Gasteiger charge is 2.45. The van der Waals surface area contributed by atoms with E-state index in [4.69, 9.17) is 4.74 Å². The Morgan fingerprint density at radius 2 is 1.68 bits per heavy atom. The normalized spacial score (nSPS) is 17.4. The first kappa shape index (κ1) is 23.2. The second-order valence-corrected chi connectivity index (χ2v) is 8.37. The van der Waals surface area contributed by atoms with Gasteiger partial charge in [0.1, 0.15) is 18.1 Å². The summed E-state index contributed by atoms with van der Waals surface area (Å²) in [5.74, 6) is -0.879. The topological polar surface area (TPSA) is 83.0 Å². The molecule has 3 aromatic rings. The number of carbonyl (C=O) groups is 2. The van der Waals surface area contributed by atoms with Crippen LogP contribution in [-0.2, 0) is 16.2 Å². The Balaban J connectivity index is 1.63. The molecule has 1 aliphatic heterocycles. The summed E-state index contributed by atoms with van der Waals surface area (Å²) in [5.41, 5.74) is 2.28. The fourth-order valence-corrected chi connectivity index (χ4v) is 3.92. The van der Waals surface area contributed by atoms with Crippen molar-refractivity contribution in [3.05, 3.63) is 101 Å². The monoisotopic (exact) mass is 457 g/mol. The predicted octanol–water partition coefficient (Wildman–Crippen LogP) is 3.64. The third kappa shape index (κ3) is 5.00. The first-order chi connectivity index (χ1) is 16.5. The van der Waals surface area contributed by atoms with Crippen LogP contribution in [0.2, 0.25) is 0 Å². The van der Waals surface area contributed by atoms with E-state index < -0.39 is 17.7 Å². The van der Waals surface area contributed by atoms with Crippen molar-refractivity contribution < 1.29 is 19.4 Å². The molecule has 1 saturated heterocycles. The molecule has 1 amide bonds. The van der Waals surface area contributed by atoms with Gasteiger partial charge in [0.25, 0.3) is 11.7 Å². The summed E-state index contributed by atoms with van der Waals surface area (Å²) in [5, 5.41) is 11.1. The molecule has 34 heavy (non-hydrogen) atoms. The van der Waals surface area contributed by atoms with Gasteiger partial charge in [-0.25, -0.2) is 0 Å². The minimum Gasteiger partial charge on any atom is -0.507 e. The summed E-state index contributed by atoms with van der Waals surface area (Å²) < 4.78 is 5.81. The second kappa shape index (κ2) is 10.3. The molecule has 0 aliphatic carbocycles. The number of ether oxygens (including phenoxy) is 1. The number of nitrogens with zero attached hydrogens (tertiary/aromatic N) is 3. The van der Waals surface area contributed by atoms with Crippen LogP contribution in [0.1, 0.15) is 22.7 Å². The molecule has 1 N–H and O–H groups in total. The van der Waals surface area contributed by atoms with E-state index in [2.05, 4.69) is 4.98 Å². The summed E-state index contributed by atoms with van der Waals surface area (Å²) in [7, 11) is 3.80. The zero-order chi connectivity index (χ0) is 24.1. The molecule has 2 heterocycles. The number of carbonyl (C=O) groups excluding carboxylic acids is 2. The molecule has 0 saturated carbocycles. The van der Waals surface area contributed by atoms with E-state index in [1.807, 2.05) is 49.3 Å². The van der Waals surface area contributed by atoms with Gasteiger partial charge in [0.2, 0.25) is 0 Å². The maximum atomic E-state index is 13.0. The van der Waals surface area contributed by atoms with Gasteiger partial charge in [-0.1, -0.05) is 30.3 Å². The van der Waals surface area contributed by atoms with Crippen LogP contribution in [0, 0.1) is 0 Å². The largest absolute Gasteiger partial charge is 0.507 e. The van der Waals surface area contributed by atoms with Crippen molar-refractivity contribution in [3.63, 3.8) is 0 Å². The Morgan fingerprint density at radius 1 is 1.00 bits per heavy atom. The third-order valence-electron chi connectivity index (χ3n) is 5.73. The number of hydrogen-bond donors (Lipinski definition) is 1. The van der Waals surface area contributed by atoms with Gasteiger partial charge in [0.15, 0.2) is 0 Å². The highest BCUT2D eigenvalue weighted by Crippen LogP contribution is 2.39. The quantitative estimate of drug-likeness (QED) is 0.316. The van der Waals surface area contributed by atoms with E-state index in [-0.39, 0.29) is 11.3 Å². The van der Waals surface area contributed by atoms with Gasteiger partial charge in [-0.2, -0.15) is 0 Å². The molecule has 4 rings (SSSR count). The molecule has 7 nitrogen and oxygen atoms in total. The van der Waals surface area contributed by atoms with Crippen LogP contribution in [-0.4, -0.2) is 58.8 Å². The van der Waals surface area contributed by atoms with Crippen LogP contribution in [0.4, 0.5) is 0 Å². The lowest BCUT2D eigenvalue weighted by molar-refractivity contribution is -0.140. The molecule has 0 bridgehead atoms.